The summed E-state index contributed by atoms with van der Waals surface area (Å²) in [6.45, 7) is 3.88. The largest absolute Gasteiger partial charge is 0.481 e. The summed E-state index contributed by atoms with van der Waals surface area (Å²) in [6, 6.07) is 7.82. The number of hydrogen-bond acceptors (Lipinski definition) is 3. The summed E-state index contributed by atoms with van der Waals surface area (Å²) < 4.78 is 6.95. The van der Waals surface area contributed by atoms with Crippen molar-refractivity contribution in [2.45, 2.75) is 20.0 Å². The van der Waals surface area contributed by atoms with E-state index in [9.17, 15) is 5.11 Å². The van der Waals surface area contributed by atoms with E-state index in [1.54, 1.807) is 18.8 Å². The van der Waals surface area contributed by atoms with Gasteiger partial charge < -0.3 is 9.84 Å². The van der Waals surface area contributed by atoms with E-state index < -0.39 is 6.10 Å². The molecule has 4 nitrogen and oxygen atoms in total. The Bertz CT molecular complexity index is 561. The second-order valence-corrected chi connectivity index (χ2v) is 4.45. The van der Waals surface area contributed by atoms with Gasteiger partial charge in [-0.15, -0.1) is 0 Å². The fourth-order valence-corrected chi connectivity index (χ4v) is 2.22. The number of aliphatic hydroxyl groups excluding tert-OH is 1. The van der Waals surface area contributed by atoms with Crippen molar-refractivity contribution in [3.05, 3.63) is 46.6 Å². The highest BCUT2D eigenvalue weighted by Crippen LogP contribution is 2.32. The molecule has 0 saturated carbocycles. The van der Waals surface area contributed by atoms with Crippen molar-refractivity contribution in [3.8, 4) is 5.88 Å². The van der Waals surface area contributed by atoms with Crippen molar-refractivity contribution >= 4 is 0 Å². The summed E-state index contributed by atoms with van der Waals surface area (Å²) >= 11 is 0. The number of hydrogen-bond donors (Lipinski definition) is 1. The fourth-order valence-electron chi connectivity index (χ4n) is 2.22. The Kier molecular flexibility index (Phi) is 3.39. The highest BCUT2D eigenvalue weighted by molar-refractivity contribution is 5.40. The Morgan fingerprint density at radius 2 is 2.06 bits per heavy atom. The van der Waals surface area contributed by atoms with Crippen LogP contribution >= 0.6 is 0 Å². The standard InChI is InChI=1S/C14H18N2O2/c1-9-6-5-7-11(8-9)13(17)12-10(2)15-16(3)14(12)18-4/h5-8,13,17H,1-4H3. The summed E-state index contributed by atoms with van der Waals surface area (Å²) in [5, 5.41) is 14.8. The Morgan fingerprint density at radius 3 is 2.67 bits per heavy atom. The second-order valence-electron chi connectivity index (χ2n) is 4.45. The van der Waals surface area contributed by atoms with Gasteiger partial charge in [0.25, 0.3) is 0 Å². The van der Waals surface area contributed by atoms with Crippen LogP contribution in [0.4, 0.5) is 0 Å². The molecular formula is C14H18N2O2. The van der Waals surface area contributed by atoms with Crippen LogP contribution in [0.15, 0.2) is 24.3 Å². The third-order valence-electron chi connectivity index (χ3n) is 3.04. The maximum absolute atomic E-state index is 10.5. The average molecular weight is 246 g/mol. The molecule has 0 fully saturated rings. The minimum atomic E-state index is -0.714. The average Bonchev–Trinajstić information content (AvgIpc) is 2.62. The predicted octanol–water partition coefficient (Wildman–Crippen LogP) is 2.13. The van der Waals surface area contributed by atoms with Crippen molar-refractivity contribution in [2.75, 3.05) is 7.11 Å². The Hall–Kier alpha value is -1.81. The molecule has 0 saturated heterocycles. The summed E-state index contributed by atoms with van der Waals surface area (Å²) in [7, 11) is 3.39. The quantitative estimate of drug-likeness (QED) is 0.902. The van der Waals surface area contributed by atoms with E-state index in [-0.39, 0.29) is 0 Å². The molecule has 1 N–H and O–H groups in total. The molecule has 2 rings (SSSR count). The normalized spacial score (nSPS) is 12.5. The van der Waals surface area contributed by atoms with E-state index >= 15 is 0 Å². The molecule has 4 heteroatoms. The highest BCUT2D eigenvalue weighted by atomic mass is 16.5. The minimum absolute atomic E-state index is 0.599. The Morgan fingerprint density at radius 1 is 1.33 bits per heavy atom. The van der Waals surface area contributed by atoms with E-state index in [0.29, 0.717) is 5.88 Å². The first-order valence-corrected chi connectivity index (χ1v) is 5.86. The molecule has 1 aromatic heterocycles. The van der Waals surface area contributed by atoms with Gasteiger partial charge in [0.1, 0.15) is 6.10 Å². The van der Waals surface area contributed by atoms with Crippen molar-refractivity contribution in [2.24, 2.45) is 7.05 Å². The van der Waals surface area contributed by atoms with E-state index in [1.807, 2.05) is 38.1 Å². The molecule has 0 aliphatic rings. The topological polar surface area (TPSA) is 47.3 Å². The monoisotopic (exact) mass is 246 g/mol. The molecule has 2 aromatic rings. The first-order chi connectivity index (χ1) is 8.54. The lowest BCUT2D eigenvalue weighted by Crippen LogP contribution is -2.04. The lowest BCUT2D eigenvalue weighted by atomic mass is 10.0. The fraction of sp³-hybridized carbons (Fsp3) is 0.357. The van der Waals surface area contributed by atoms with Gasteiger partial charge >= 0.3 is 0 Å². The summed E-state index contributed by atoms with van der Waals surface area (Å²) in [6.07, 6.45) is -0.714. The van der Waals surface area contributed by atoms with Gasteiger partial charge in [-0.1, -0.05) is 29.8 Å². The predicted molar refractivity (Wildman–Crippen MR) is 69.7 cm³/mol. The number of aryl methyl sites for hydroxylation is 3. The van der Waals surface area contributed by atoms with Gasteiger partial charge in [0.2, 0.25) is 5.88 Å². The van der Waals surface area contributed by atoms with Gasteiger partial charge in [-0.3, -0.25) is 0 Å². The van der Waals surface area contributed by atoms with Crippen LogP contribution in [-0.4, -0.2) is 22.0 Å². The van der Waals surface area contributed by atoms with Crippen LogP contribution in [0.3, 0.4) is 0 Å². The molecule has 0 radical (unpaired) electrons. The van der Waals surface area contributed by atoms with E-state index in [0.717, 1.165) is 22.4 Å². The van der Waals surface area contributed by atoms with Gasteiger partial charge in [-0.2, -0.15) is 5.10 Å². The van der Waals surface area contributed by atoms with Crippen LogP contribution in [0.1, 0.15) is 28.5 Å². The number of methoxy groups -OCH3 is 1. The molecule has 1 heterocycles. The van der Waals surface area contributed by atoms with Crippen LogP contribution in [0.2, 0.25) is 0 Å². The van der Waals surface area contributed by atoms with Crippen molar-refractivity contribution < 1.29 is 9.84 Å². The number of ether oxygens (including phenoxy) is 1. The molecule has 18 heavy (non-hydrogen) atoms. The van der Waals surface area contributed by atoms with Crippen LogP contribution in [-0.2, 0) is 7.05 Å². The summed E-state index contributed by atoms with van der Waals surface area (Å²) in [5.74, 6) is 0.599. The van der Waals surface area contributed by atoms with E-state index in [4.69, 9.17) is 4.74 Å². The molecule has 0 spiro atoms. The SMILES string of the molecule is COc1c(C(O)c2cccc(C)c2)c(C)nn1C. The van der Waals surface area contributed by atoms with Gasteiger partial charge in [0, 0.05) is 7.05 Å². The van der Waals surface area contributed by atoms with Crippen molar-refractivity contribution in [1.82, 2.24) is 9.78 Å². The lowest BCUT2D eigenvalue weighted by molar-refractivity contribution is 0.213. The number of aromatic nitrogens is 2. The number of aliphatic hydroxyl groups is 1. The molecule has 0 bridgehead atoms. The molecule has 1 unspecified atom stereocenters. The number of benzene rings is 1. The molecule has 0 amide bonds. The molecular weight excluding hydrogens is 228 g/mol. The first-order valence-electron chi connectivity index (χ1n) is 5.86. The third-order valence-corrected chi connectivity index (χ3v) is 3.04. The van der Waals surface area contributed by atoms with Gasteiger partial charge in [-0.25, -0.2) is 4.68 Å². The van der Waals surface area contributed by atoms with E-state index in [1.165, 1.54) is 0 Å². The Balaban J connectivity index is 2.48. The zero-order valence-corrected chi connectivity index (χ0v) is 11.1. The molecule has 0 aliphatic carbocycles. The molecule has 96 valence electrons. The maximum Gasteiger partial charge on any atom is 0.217 e. The third kappa shape index (κ3) is 2.11. The Labute approximate surface area is 107 Å². The summed E-state index contributed by atoms with van der Waals surface area (Å²) in [4.78, 5) is 0. The van der Waals surface area contributed by atoms with Gasteiger partial charge in [0.15, 0.2) is 0 Å². The first kappa shape index (κ1) is 12.6. The number of rotatable bonds is 3. The maximum atomic E-state index is 10.5. The van der Waals surface area contributed by atoms with Crippen LogP contribution in [0, 0.1) is 13.8 Å². The van der Waals surface area contributed by atoms with Crippen molar-refractivity contribution in [1.29, 1.82) is 0 Å². The lowest BCUT2D eigenvalue weighted by Gasteiger charge is -2.13. The van der Waals surface area contributed by atoms with Crippen molar-refractivity contribution in [3.63, 3.8) is 0 Å². The molecule has 1 aromatic carbocycles. The van der Waals surface area contributed by atoms with E-state index in [2.05, 4.69) is 5.10 Å². The molecule has 1 atom stereocenters. The van der Waals surface area contributed by atoms with Crippen LogP contribution in [0.5, 0.6) is 5.88 Å². The van der Waals surface area contributed by atoms with Gasteiger partial charge in [0.05, 0.1) is 18.4 Å². The molecule has 0 aliphatic heterocycles. The summed E-state index contributed by atoms with van der Waals surface area (Å²) in [5.41, 5.74) is 3.48. The highest BCUT2D eigenvalue weighted by Gasteiger charge is 2.22. The van der Waals surface area contributed by atoms with Crippen LogP contribution in [0.25, 0.3) is 0 Å². The zero-order valence-electron chi connectivity index (χ0n) is 11.1. The zero-order chi connectivity index (χ0) is 13.3. The second kappa shape index (κ2) is 4.82. The smallest absolute Gasteiger partial charge is 0.217 e. The number of nitrogens with zero attached hydrogens (tertiary/aromatic N) is 2. The van der Waals surface area contributed by atoms with Gasteiger partial charge in [-0.05, 0) is 19.4 Å². The van der Waals surface area contributed by atoms with Crippen LogP contribution < -0.4 is 4.74 Å². The minimum Gasteiger partial charge on any atom is -0.481 e.